The molecule has 1 atom stereocenters. The van der Waals surface area contributed by atoms with Gasteiger partial charge in [-0.3, -0.25) is 0 Å². The van der Waals surface area contributed by atoms with Gasteiger partial charge in [-0.1, -0.05) is 17.7 Å². The summed E-state index contributed by atoms with van der Waals surface area (Å²) < 4.78 is 13.9. The molecule has 0 spiro atoms. The maximum Gasteiger partial charge on any atom is 0.141 e. The van der Waals surface area contributed by atoms with Crippen molar-refractivity contribution >= 4 is 33.2 Å². The largest absolute Gasteiger partial charge is 0.377 e. The highest BCUT2D eigenvalue weighted by Crippen LogP contribution is 2.25. The lowest BCUT2D eigenvalue weighted by atomic mass is 10.1. The second-order valence-electron chi connectivity index (χ2n) is 4.37. The van der Waals surface area contributed by atoms with E-state index in [-0.39, 0.29) is 11.1 Å². The molecule has 2 nitrogen and oxygen atoms in total. The molecule has 0 aliphatic carbocycles. The van der Waals surface area contributed by atoms with Crippen molar-refractivity contribution < 1.29 is 4.39 Å². The van der Waals surface area contributed by atoms with Gasteiger partial charge in [-0.15, -0.1) is 0 Å². The Hall–Kier alpha value is -1.13. The molecular weight excluding hydrogens is 331 g/mol. The third kappa shape index (κ3) is 3.45. The van der Waals surface area contributed by atoms with Crippen molar-refractivity contribution in [2.24, 2.45) is 0 Å². The summed E-state index contributed by atoms with van der Waals surface area (Å²) in [6.07, 6.45) is 1.75. The van der Waals surface area contributed by atoms with E-state index in [0.29, 0.717) is 0 Å². The van der Waals surface area contributed by atoms with E-state index in [1.54, 1.807) is 18.3 Å². The highest BCUT2D eigenvalue weighted by Gasteiger charge is 2.09. The lowest BCUT2D eigenvalue weighted by molar-refractivity contribution is 0.627. The monoisotopic (exact) mass is 342 g/mol. The number of aromatic nitrogens is 1. The predicted molar refractivity (Wildman–Crippen MR) is 80.1 cm³/mol. The molecule has 1 N–H and O–H groups in total. The van der Waals surface area contributed by atoms with Gasteiger partial charge in [0.15, 0.2) is 0 Å². The van der Waals surface area contributed by atoms with Crippen LogP contribution in [0.15, 0.2) is 35.1 Å². The highest BCUT2D eigenvalue weighted by atomic mass is 79.9. The van der Waals surface area contributed by atoms with Crippen LogP contribution in [0, 0.1) is 12.7 Å². The number of nitrogens with zero attached hydrogens (tertiary/aromatic N) is 1. The standard InChI is InChI=1S/C14H13BrClFN2/c1-8-5-11(7-18-14(8)15)19-9(2)10-3-4-13(17)12(16)6-10/h3-7,9,19H,1-2H3. The Bertz CT molecular complexity index is 604. The molecule has 1 heterocycles. The summed E-state index contributed by atoms with van der Waals surface area (Å²) >= 11 is 9.15. The molecule has 0 amide bonds. The van der Waals surface area contributed by atoms with Gasteiger partial charge < -0.3 is 5.32 Å². The summed E-state index contributed by atoms with van der Waals surface area (Å²) in [5, 5.41) is 3.44. The van der Waals surface area contributed by atoms with E-state index < -0.39 is 5.82 Å². The average Bonchev–Trinajstić information content (AvgIpc) is 2.37. The zero-order valence-electron chi connectivity index (χ0n) is 10.5. The van der Waals surface area contributed by atoms with Gasteiger partial charge in [0.05, 0.1) is 16.9 Å². The second-order valence-corrected chi connectivity index (χ2v) is 5.53. The summed E-state index contributed by atoms with van der Waals surface area (Å²) in [7, 11) is 0. The Labute approximate surface area is 125 Å². The lowest BCUT2D eigenvalue weighted by Gasteiger charge is -2.16. The number of pyridine rings is 1. The number of rotatable bonds is 3. The van der Waals surface area contributed by atoms with Gasteiger partial charge in [-0.2, -0.15) is 0 Å². The van der Waals surface area contributed by atoms with Crippen LogP contribution in [0.4, 0.5) is 10.1 Å². The SMILES string of the molecule is Cc1cc(NC(C)c2ccc(F)c(Cl)c2)cnc1Br. The van der Waals surface area contributed by atoms with Crippen LogP contribution in [-0.2, 0) is 0 Å². The van der Waals surface area contributed by atoms with Crippen LogP contribution in [0.25, 0.3) is 0 Å². The Balaban J connectivity index is 2.17. The van der Waals surface area contributed by atoms with Crippen LogP contribution < -0.4 is 5.32 Å². The quantitative estimate of drug-likeness (QED) is 0.783. The topological polar surface area (TPSA) is 24.9 Å². The third-order valence-corrected chi connectivity index (χ3v) is 3.96. The van der Waals surface area contributed by atoms with Crippen molar-refractivity contribution in [1.29, 1.82) is 0 Å². The fourth-order valence-corrected chi connectivity index (χ4v) is 2.16. The van der Waals surface area contributed by atoms with Crippen LogP contribution in [0.5, 0.6) is 0 Å². The Morgan fingerprint density at radius 3 is 2.74 bits per heavy atom. The molecule has 0 radical (unpaired) electrons. The first-order valence-corrected chi connectivity index (χ1v) is 6.98. The predicted octanol–water partition coefficient (Wildman–Crippen LogP) is 5.12. The van der Waals surface area contributed by atoms with Crippen molar-refractivity contribution in [1.82, 2.24) is 4.98 Å². The first-order valence-electron chi connectivity index (χ1n) is 5.81. The van der Waals surface area contributed by atoms with Crippen molar-refractivity contribution in [2.45, 2.75) is 19.9 Å². The maximum absolute atomic E-state index is 13.1. The molecule has 0 fully saturated rings. The second kappa shape index (κ2) is 5.88. The van der Waals surface area contributed by atoms with E-state index >= 15 is 0 Å². The number of hydrogen-bond donors (Lipinski definition) is 1. The van der Waals surface area contributed by atoms with Gasteiger partial charge in [0.2, 0.25) is 0 Å². The molecule has 0 aliphatic heterocycles. The number of aryl methyl sites for hydroxylation is 1. The molecule has 1 unspecified atom stereocenters. The number of nitrogens with one attached hydrogen (secondary N) is 1. The van der Waals surface area contributed by atoms with Gasteiger partial charge in [-0.05, 0) is 59.1 Å². The van der Waals surface area contributed by atoms with E-state index in [9.17, 15) is 4.39 Å². The molecule has 0 bridgehead atoms. The van der Waals surface area contributed by atoms with Crippen molar-refractivity contribution in [2.75, 3.05) is 5.32 Å². The van der Waals surface area contributed by atoms with E-state index in [1.807, 2.05) is 19.9 Å². The summed E-state index contributed by atoms with van der Waals surface area (Å²) in [5.74, 6) is -0.404. The molecule has 2 aromatic rings. The molecule has 19 heavy (non-hydrogen) atoms. The molecular formula is C14H13BrClFN2. The minimum Gasteiger partial charge on any atom is -0.377 e. The molecule has 5 heteroatoms. The summed E-state index contributed by atoms with van der Waals surface area (Å²) in [6, 6.07) is 6.74. The van der Waals surface area contributed by atoms with Crippen molar-refractivity contribution in [3.8, 4) is 0 Å². The average molecular weight is 344 g/mol. The van der Waals surface area contributed by atoms with Gasteiger partial charge in [-0.25, -0.2) is 9.37 Å². The van der Waals surface area contributed by atoms with Crippen LogP contribution in [0.3, 0.4) is 0 Å². The number of hydrogen-bond acceptors (Lipinski definition) is 2. The molecule has 0 saturated heterocycles. The van der Waals surface area contributed by atoms with E-state index in [0.717, 1.165) is 21.4 Å². The highest BCUT2D eigenvalue weighted by molar-refractivity contribution is 9.10. The van der Waals surface area contributed by atoms with Crippen molar-refractivity contribution in [3.63, 3.8) is 0 Å². The third-order valence-electron chi connectivity index (χ3n) is 2.84. The van der Waals surface area contributed by atoms with Crippen molar-refractivity contribution in [3.05, 3.63) is 57.0 Å². The lowest BCUT2D eigenvalue weighted by Crippen LogP contribution is -2.07. The smallest absolute Gasteiger partial charge is 0.141 e. The minimum absolute atomic E-state index is 0.0143. The molecule has 100 valence electrons. The first kappa shape index (κ1) is 14.3. The number of halogens is 3. The first-order chi connectivity index (χ1) is 8.97. The fourth-order valence-electron chi connectivity index (χ4n) is 1.75. The van der Waals surface area contributed by atoms with Crippen LogP contribution in [0.2, 0.25) is 5.02 Å². The van der Waals surface area contributed by atoms with E-state index in [1.165, 1.54) is 6.07 Å². The van der Waals surface area contributed by atoms with Crippen LogP contribution in [-0.4, -0.2) is 4.98 Å². The fraction of sp³-hybridized carbons (Fsp3) is 0.214. The summed E-state index contributed by atoms with van der Waals surface area (Å²) in [6.45, 7) is 3.96. The summed E-state index contributed by atoms with van der Waals surface area (Å²) in [4.78, 5) is 4.23. The Kier molecular flexibility index (Phi) is 4.42. The van der Waals surface area contributed by atoms with Gasteiger partial charge >= 0.3 is 0 Å². The van der Waals surface area contributed by atoms with Gasteiger partial charge in [0, 0.05) is 6.04 Å². The zero-order valence-corrected chi connectivity index (χ0v) is 12.9. The molecule has 0 aliphatic rings. The maximum atomic E-state index is 13.1. The van der Waals surface area contributed by atoms with Gasteiger partial charge in [0.1, 0.15) is 10.4 Å². The number of benzene rings is 1. The van der Waals surface area contributed by atoms with E-state index in [4.69, 9.17) is 11.6 Å². The zero-order chi connectivity index (χ0) is 14.0. The van der Waals surface area contributed by atoms with Crippen LogP contribution in [0.1, 0.15) is 24.1 Å². The van der Waals surface area contributed by atoms with Gasteiger partial charge in [0.25, 0.3) is 0 Å². The molecule has 1 aromatic carbocycles. The Morgan fingerprint density at radius 2 is 2.11 bits per heavy atom. The number of anilines is 1. The molecule has 0 saturated carbocycles. The minimum atomic E-state index is -0.404. The Morgan fingerprint density at radius 1 is 1.37 bits per heavy atom. The normalized spacial score (nSPS) is 12.3. The molecule has 1 aromatic heterocycles. The summed E-state index contributed by atoms with van der Waals surface area (Å²) in [5.41, 5.74) is 2.88. The molecule has 2 rings (SSSR count). The van der Waals surface area contributed by atoms with E-state index in [2.05, 4.69) is 26.2 Å². The van der Waals surface area contributed by atoms with Crippen LogP contribution >= 0.6 is 27.5 Å².